The first-order chi connectivity index (χ1) is 9.38. The van der Waals surface area contributed by atoms with Gasteiger partial charge in [0.2, 0.25) is 0 Å². The fraction of sp³-hybridized carbons (Fsp3) is 0.462. The molecule has 1 N–H and O–H groups in total. The fourth-order valence-electron chi connectivity index (χ4n) is 2.01. The van der Waals surface area contributed by atoms with Crippen molar-refractivity contribution in [3.8, 4) is 0 Å². The molecule has 20 heavy (non-hydrogen) atoms. The molecule has 1 unspecified atom stereocenters. The topological polar surface area (TPSA) is 29.1 Å². The number of Topliss-reactive ketones (excluding diaryl/α,β-unsaturated/α-hetero) is 1. The van der Waals surface area contributed by atoms with Crippen molar-refractivity contribution in [3.05, 3.63) is 35.1 Å². The Bertz CT molecular complexity index is 498. The normalized spacial score (nSPS) is 19.9. The summed E-state index contributed by atoms with van der Waals surface area (Å²) in [6.45, 7) is 0.778. The van der Waals surface area contributed by atoms with Crippen LogP contribution in [0.3, 0.4) is 0 Å². The van der Waals surface area contributed by atoms with Crippen LogP contribution in [0.2, 0.25) is 0 Å². The molecular formula is C13H13F4NOS. The lowest BCUT2D eigenvalue weighted by molar-refractivity contribution is -0.140. The minimum atomic E-state index is -4.79. The maximum atomic E-state index is 13.1. The van der Waals surface area contributed by atoms with E-state index in [4.69, 9.17) is 0 Å². The molecule has 1 fully saturated rings. The Balaban J connectivity index is 2.13. The summed E-state index contributed by atoms with van der Waals surface area (Å²) in [4.78, 5) is 12.0. The van der Waals surface area contributed by atoms with E-state index in [0.29, 0.717) is 12.1 Å². The zero-order chi connectivity index (χ0) is 14.8. The third-order valence-electron chi connectivity index (χ3n) is 3.02. The number of alkyl halides is 3. The second kappa shape index (κ2) is 6.13. The highest BCUT2D eigenvalue weighted by Crippen LogP contribution is 2.32. The molecule has 0 aromatic heterocycles. The standard InChI is InChI=1S/C13H13F4NOS/c14-11-2-1-8(5-10(11)13(15,16)17)12(19)6-9-7-20-4-3-18-9/h1-2,5,9,18H,3-4,6-7H2. The van der Waals surface area contributed by atoms with Gasteiger partial charge in [-0.05, 0) is 18.2 Å². The Kier molecular flexibility index (Phi) is 4.70. The van der Waals surface area contributed by atoms with Crippen LogP contribution in [-0.4, -0.2) is 29.9 Å². The summed E-state index contributed by atoms with van der Waals surface area (Å²) in [6, 6.07) is 2.34. The van der Waals surface area contributed by atoms with Gasteiger partial charge in [0.1, 0.15) is 5.82 Å². The van der Waals surface area contributed by atoms with Crippen molar-refractivity contribution in [1.82, 2.24) is 5.32 Å². The minimum Gasteiger partial charge on any atom is -0.312 e. The molecule has 2 nitrogen and oxygen atoms in total. The van der Waals surface area contributed by atoms with E-state index in [9.17, 15) is 22.4 Å². The molecule has 0 aliphatic carbocycles. The van der Waals surface area contributed by atoms with Crippen LogP contribution in [0.4, 0.5) is 17.6 Å². The van der Waals surface area contributed by atoms with Gasteiger partial charge in [-0.3, -0.25) is 4.79 Å². The Hall–Kier alpha value is -1.08. The van der Waals surface area contributed by atoms with Gasteiger partial charge in [-0.1, -0.05) is 0 Å². The molecule has 0 bridgehead atoms. The Labute approximate surface area is 117 Å². The summed E-state index contributed by atoms with van der Waals surface area (Å²) < 4.78 is 50.9. The van der Waals surface area contributed by atoms with Crippen LogP contribution < -0.4 is 5.32 Å². The van der Waals surface area contributed by atoms with Crippen molar-refractivity contribution < 1.29 is 22.4 Å². The number of thioether (sulfide) groups is 1. The largest absolute Gasteiger partial charge is 0.419 e. The lowest BCUT2D eigenvalue weighted by Crippen LogP contribution is -2.38. The second-order valence-electron chi connectivity index (χ2n) is 4.55. The first-order valence-electron chi connectivity index (χ1n) is 6.09. The number of halogens is 4. The first kappa shape index (κ1) is 15.3. The summed E-state index contributed by atoms with van der Waals surface area (Å²) in [5.41, 5.74) is -1.49. The molecule has 1 aliphatic rings. The molecule has 0 saturated carbocycles. The number of carbonyl (C=O) groups is 1. The summed E-state index contributed by atoms with van der Waals surface area (Å²) >= 11 is 1.70. The summed E-state index contributed by atoms with van der Waals surface area (Å²) in [7, 11) is 0. The molecular weight excluding hydrogens is 294 g/mol. The number of rotatable bonds is 3. The highest BCUT2D eigenvalue weighted by Gasteiger charge is 2.34. The number of ketones is 1. The van der Waals surface area contributed by atoms with Crippen LogP contribution in [0, 0.1) is 5.82 Å². The Morgan fingerprint density at radius 2 is 2.15 bits per heavy atom. The number of carbonyl (C=O) groups excluding carboxylic acids is 1. The molecule has 2 rings (SSSR count). The Morgan fingerprint density at radius 1 is 1.40 bits per heavy atom. The Morgan fingerprint density at radius 3 is 2.75 bits per heavy atom. The zero-order valence-corrected chi connectivity index (χ0v) is 11.3. The fourth-order valence-corrected chi connectivity index (χ4v) is 2.96. The van der Waals surface area contributed by atoms with Crippen molar-refractivity contribution in [2.45, 2.75) is 18.6 Å². The average molecular weight is 307 g/mol. The minimum absolute atomic E-state index is 0.0411. The van der Waals surface area contributed by atoms with E-state index in [-0.39, 0.29) is 18.0 Å². The maximum absolute atomic E-state index is 13.1. The van der Waals surface area contributed by atoms with Crippen molar-refractivity contribution >= 4 is 17.5 Å². The van der Waals surface area contributed by atoms with Crippen LogP contribution >= 0.6 is 11.8 Å². The van der Waals surface area contributed by atoms with E-state index >= 15 is 0 Å². The third kappa shape index (κ3) is 3.73. The van der Waals surface area contributed by atoms with Crippen LogP contribution in [0.5, 0.6) is 0 Å². The van der Waals surface area contributed by atoms with Crippen molar-refractivity contribution in [1.29, 1.82) is 0 Å². The van der Waals surface area contributed by atoms with E-state index in [0.717, 1.165) is 24.1 Å². The number of hydrogen-bond acceptors (Lipinski definition) is 3. The van der Waals surface area contributed by atoms with Gasteiger partial charge in [0.15, 0.2) is 5.78 Å². The van der Waals surface area contributed by atoms with Crippen LogP contribution in [0.15, 0.2) is 18.2 Å². The summed E-state index contributed by atoms with van der Waals surface area (Å²) in [5, 5.41) is 3.14. The highest BCUT2D eigenvalue weighted by atomic mass is 32.2. The van der Waals surface area contributed by atoms with Gasteiger partial charge in [0.25, 0.3) is 0 Å². The van der Waals surface area contributed by atoms with Crippen molar-refractivity contribution in [2.75, 3.05) is 18.1 Å². The van der Waals surface area contributed by atoms with Gasteiger partial charge in [0.05, 0.1) is 5.56 Å². The molecule has 1 heterocycles. The van der Waals surface area contributed by atoms with E-state index in [1.807, 2.05) is 0 Å². The monoisotopic (exact) mass is 307 g/mol. The van der Waals surface area contributed by atoms with E-state index in [2.05, 4.69) is 5.32 Å². The highest BCUT2D eigenvalue weighted by molar-refractivity contribution is 7.99. The predicted molar refractivity (Wildman–Crippen MR) is 69.5 cm³/mol. The molecule has 1 saturated heterocycles. The van der Waals surface area contributed by atoms with Gasteiger partial charge >= 0.3 is 6.18 Å². The molecule has 0 spiro atoms. The number of benzene rings is 1. The van der Waals surface area contributed by atoms with E-state index in [1.54, 1.807) is 11.8 Å². The first-order valence-corrected chi connectivity index (χ1v) is 7.24. The van der Waals surface area contributed by atoms with Crippen LogP contribution in [0.1, 0.15) is 22.3 Å². The van der Waals surface area contributed by atoms with Gasteiger partial charge in [-0.15, -0.1) is 0 Å². The van der Waals surface area contributed by atoms with Crippen LogP contribution in [0.25, 0.3) is 0 Å². The number of nitrogens with one attached hydrogen (secondary N) is 1. The molecule has 1 aromatic rings. The summed E-state index contributed by atoms with van der Waals surface area (Å²) in [5.74, 6) is -0.0608. The molecule has 110 valence electrons. The second-order valence-corrected chi connectivity index (χ2v) is 5.70. The SMILES string of the molecule is O=C(CC1CSCCN1)c1ccc(F)c(C(F)(F)F)c1. The average Bonchev–Trinajstić information content (AvgIpc) is 2.39. The van der Waals surface area contributed by atoms with Gasteiger partial charge in [0, 0.05) is 36.1 Å². The third-order valence-corrected chi connectivity index (χ3v) is 4.15. The molecule has 7 heteroatoms. The van der Waals surface area contributed by atoms with Gasteiger partial charge in [-0.2, -0.15) is 24.9 Å². The van der Waals surface area contributed by atoms with E-state index < -0.39 is 23.3 Å². The van der Waals surface area contributed by atoms with Crippen molar-refractivity contribution in [3.63, 3.8) is 0 Å². The quantitative estimate of drug-likeness (QED) is 0.687. The lowest BCUT2D eigenvalue weighted by Gasteiger charge is -2.22. The molecule has 1 aliphatic heterocycles. The zero-order valence-electron chi connectivity index (χ0n) is 10.5. The van der Waals surface area contributed by atoms with Crippen molar-refractivity contribution in [2.24, 2.45) is 0 Å². The lowest BCUT2D eigenvalue weighted by atomic mass is 10.0. The summed E-state index contributed by atoms with van der Waals surface area (Å²) in [6.07, 6.45) is -4.67. The number of hydrogen-bond donors (Lipinski definition) is 1. The van der Waals surface area contributed by atoms with Crippen LogP contribution in [-0.2, 0) is 6.18 Å². The molecule has 1 aromatic carbocycles. The molecule has 0 amide bonds. The maximum Gasteiger partial charge on any atom is 0.419 e. The smallest absolute Gasteiger partial charge is 0.312 e. The van der Waals surface area contributed by atoms with Gasteiger partial charge < -0.3 is 5.32 Å². The molecule has 0 radical (unpaired) electrons. The predicted octanol–water partition coefficient (Wildman–Crippen LogP) is 3.12. The van der Waals surface area contributed by atoms with E-state index in [1.165, 1.54) is 0 Å². The van der Waals surface area contributed by atoms with Gasteiger partial charge in [-0.25, -0.2) is 4.39 Å². The molecule has 1 atom stereocenters.